The molecule has 0 unspecified atom stereocenters. The lowest BCUT2D eigenvalue weighted by Crippen LogP contribution is -2.39. The molecule has 0 radical (unpaired) electrons. The van der Waals surface area contributed by atoms with Crippen LogP contribution in [0.25, 0.3) is 0 Å². The van der Waals surface area contributed by atoms with Crippen molar-refractivity contribution in [1.82, 2.24) is 5.32 Å². The highest BCUT2D eigenvalue weighted by molar-refractivity contribution is 5.77. The zero-order valence-corrected chi connectivity index (χ0v) is 13.0. The lowest BCUT2D eigenvalue weighted by atomic mass is 9.95. The average molecular weight is 290 g/mol. The van der Waals surface area contributed by atoms with Crippen LogP contribution in [-0.2, 0) is 4.79 Å². The molecule has 0 saturated heterocycles. The molecule has 0 bridgehead atoms. The number of hydrogen-bond donors (Lipinski definition) is 2. The summed E-state index contributed by atoms with van der Waals surface area (Å²) < 4.78 is 5.66. The molecular formula is C17H26N2O2. The monoisotopic (exact) mass is 290 g/mol. The first-order valence-electron chi connectivity index (χ1n) is 7.84. The lowest BCUT2D eigenvalue weighted by Gasteiger charge is -2.23. The van der Waals surface area contributed by atoms with Gasteiger partial charge >= 0.3 is 0 Å². The van der Waals surface area contributed by atoms with E-state index >= 15 is 0 Å². The highest BCUT2D eigenvalue weighted by Gasteiger charge is 2.16. The van der Waals surface area contributed by atoms with Gasteiger partial charge in [0.25, 0.3) is 5.91 Å². The molecule has 21 heavy (non-hydrogen) atoms. The van der Waals surface area contributed by atoms with Gasteiger partial charge in [0.15, 0.2) is 6.61 Å². The summed E-state index contributed by atoms with van der Waals surface area (Å²) in [6.45, 7) is 3.99. The molecule has 1 atom stereocenters. The Bertz CT molecular complexity index is 480. The number of ether oxygens (including phenoxy) is 1. The quantitative estimate of drug-likeness (QED) is 0.876. The summed E-state index contributed by atoms with van der Waals surface area (Å²) in [4.78, 5) is 12.0. The maximum absolute atomic E-state index is 12.0. The van der Waals surface area contributed by atoms with Crippen LogP contribution in [0.15, 0.2) is 18.2 Å². The number of amides is 1. The van der Waals surface area contributed by atoms with Gasteiger partial charge in [-0.15, -0.1) is 0 Å². The molecular weight excluding hydrogens is 264 g/mol. The summed E-state index contributed by atoms with van der Waals surface area (Å²) in [7, 11) is 0. The molecule has 116 valence electrons. The minimum absolute atomic E-state index is 0.0434. The van der Waals surface area contributed by atoms with Crippen LogP contribution in [0.4, 0.5) is 0 Å². The van der Waals surface area contributed by atoms with Crippen LogP contribution >= 0.6 is 0 Å². The second-order valence-electron chi connectivity index (χ2n) is 6.02. The van der Waals surface area contributed by atoms with Crippen LogP contribution in [0.2, 0.25) is 0 Å². The summed E-state index contributed by atoms with van der Waals surface area (Å²) in [5, 5.41) is 3.05. The van der Waals surface area contributed by atoms with E-state index in [9.17, 15) is 4.79 Å². The number of nitrogens with two attached hydrogens (primary N) is 1. The zero-order chi connectivity index (χ0) is 15.2. The maximum atomic E-state index is 12.0. The number of carbonyl (C=O) groups excluding carboxylic acids is 1. The molecule has 1 aliphatic rings. The Morgan fingerprint density at radius 1 is 1.38 bits per heavy atom. The van der Waals surface area contributed by atoms with Gasteiger partial charge in [0.1, 0.15) is 5.75 Å². The fourth-order valence-electron chi connectivity index (χ4n) is 2.81. The minimum Gasteiger partial charge on any atom is -0.483 e. The van der Waals surface area contributed by atoms with E-state index in [2.05, 4.69) is 5.32 Å². The molecule has 2 rings (SSSR count). The molecule has 1 aromatic carbocycles. The second kappa shape index (κ2) is 7.46. The predicted octanol–water partition coefficient (Wildman–Crippen LogP) is 2.84. The van der Waals surface area contributed by atoms with Gasteiger partial charge in [-0.2, -0.15) is 0 Å². The van der Waals surface area contributed by atoms with E-state index in [0.29, 0.717) is 11.8 Å². The third-order valence-corrected chi connectivity index (χ3v) is 3.98. The number of hydrogen-bond acceptors (Lipinski definition) is 3. The molecule has 4 nitrogen and oxygen atoms in total. The number of benzene rings is 1. The fraction of sp³-hybridized carbons (Fsp3) is 0.588. The van der Waals surface area contributed by atoms with E-state index in [4.69, 9.17) is 10.5 Å². The predicted molar refractivity (Wildman–Crippen MR) is 84.3 cm³/mol. The molecule has 0 aliphatic heterocycles. The Morgan fingerprint density at radius 2 is 2.10 bits per heavy atom. The van der Waals surface area contributed by atoms with Gasteiger partial charge in [0.2, 0.25) is 0 Å². The number of aryl methyl sites for hydroxylation is 1. The van der Waals surface area contributed by atoms with Crippen LogP contribution in [0.1, 0.15) is 56.2 Å². The summed E-state index contributed by atoms with van der Waals surface area (Å²) in [6.07, 6.45) is 5.86. The van der Waals surface area contributed by atoms with Gasteiger partial charge in [0, 0.05) is 17.6 Å². The molecule has 1 aromatic rings. The van der Waals surface area contributed by atoms with E-state index in [1.807, 2.05) is 32.0 Å². The SMILES string of the molecule is Cc1ccc(OCC(=O)NC2CCCCC2)c([C@H](C)N)c1. The van der Waals surface area contributed by atoms with Crippen LogP contribution in [0.5, 0.6) is 5.75 Å². The molecule has 1 amide bonds. The van der Waals surface area contributed by atoms with Crippen LogP contribution < -0.4 is 15.8 Å². The van der Waals surface area contributed by atoms with Crippen molar-refractivity contribution in [3.05, 3.63) is 29.3 Å². The number of carbonyl (C=O) groups is 1. The van der Waals surface area contributed by atoms with Gasteiger partial charge in [0.05, 0.1) is 0 Å². The largest absolute Gasteiger partial charge is 0.483 e. The number of rotatable bonds is 5. The summed E-state index contributed by atoms with van der Waals surface area (Å²) in [6, 6.07) is 6.09. The molecule has 4 heteroatoms. The Balaban J connectivity index is 1.88. The Morgan fingerprint density at radius 3 is 2.76 bits per heavy atom. The second-order valence-corrected chi connectivity index (χ2v) is 6.02. The van der Waals surface area contributed by atoms with E-state index in [1.165, 1.54) is 19.3 Å². The highest BCUT2D eigenvalue weighted by Crippen LogP contribution is 2.25. The summed E-state index contributed by atoms with van der Waals surface area (Å²) in [5.41, 5.74) is 8.04. The topological polar surface area (TPSA) is 64.3 Å². The first-order valence-corrected chi connectivity index (χ1v) is 7.84. The molecule has 0 spiro atoms. The standard InChI is InChI=1S/C17H26N2O2/c1-12-8-9-16(15(10-12)13(2)18)21-11-17(20)19-14-6-4-3-5-7-14/h8-10,13-14H,3-7,11,18H2,1-2H3,(H,19,20)/t13-/m0/s1. The smallest absolute Gasteiger partial charge is 0.258 e. The molecule has 0 heterocycles. The molecule has 3 N–H and O–H groups in total. The van der Waals surface area contributed by atoms with Crippen LogP contribution in [-0.4, -0.2) is 18.6 Å². The van der Waals surface area contributed by atoms with Crippen molar-refractivity contribution >= 4 is 5.91 Å². The molecule has 1 saturated carbocycles. The van der Waals surface area contributed by atoms with Gasteiger partial charge < -0.3 is 15.8 Å². The van der Waals surface area contributed by atoms with Crippen molar-refractivity contribution < 1.29 is 9.53 Å². The van der Waals surface area contributed by atoms with Gasteiger partial charge in [-0.3, -0.25) is 4.79 Å². The third-order valence-electron chi connectivity index (χ3n) is 3.98. The van der Waals surface area contributed by atoms with Crippen molar-refractivity contribution in [2.75, 3.05) is 6.61 Å². The summed E-state index contributed by atoms with van der Waals surface area (Å²) in [5.74, 6) is 0.660. The first kappa shape index (κ1) is 15.8. The molecule has 1 fully saturated rings. The Labute approximate surface area is 127 Å². The van der Waals surface area contributed by atoms with Crippen LogP contribution in [0.3, 0.4) is 0 Å². The summed E-state index contributed by atoms with van der Waals surface area (Å²) >= 11 is 0. The van der Waals surface area contributed by atoms with E-state index in [0.717, 1.165) is 24.0 Å². The number of nitrogens with one attached hydrogen (secondary N) is 1. The third kappa shape index (κ3) is 4.74. The highest BCUT2D eigenvalue weighted by atomic mass is 16.5. The van der Waals surface area contributed by atoms with E-state index in [1.54, 1.807) is 0 Å². The van der Waals surface area contributed by atoms with E-state index in [-0.39, 0.29) is 18.6 Å². The Hall–Kier alpha value is -1.55. The average Bonchev–Trinajstić information content (AvgIpc) is 2.47. The lowest BCUT2D eigenvalue weighted by molar-refractivity contribution is -0.124. The molecule has 1 aliphatic carbocycles. The fourth-order valence-corrected chi connectivity index (χ4v) is 2.81. The van der Waals surface area contributed by atoms with Crippen molar-refractivity contribution in [3.63, 3.8) is 0 Å². The minimum atomic E-state index is -0.110. The van der Waals surface area contributed by atoms with Crippen molar-refractivity contribution in [2.24, 2.45) is 5.73 Å². The molecule has 0 aromatic heterocycles. The van der Waals surface area contributed by atoms with Crippen molar-refractivity contribution in [2.45, 2.75) is 58.0 Å². The van der Waals surface area contributed by atoms with Crippen molar-refractivity contribution in [3.8, 4) is 5.75 Å². The van der Waals surface area contributed by atoms with Gasteiger partial charge in [-0.25, -0.2) is 0 Å². The zero-order valence-electron chi connectivity index (χ0n) is 13.0. The van der Waals surface area contributed by atoms with Crippen molar-refractivity contribution in [1.29, 1.82) is 0 Å². The first-order chi connectivity index (χ1) is 10.1. The van der Waals surface area contributed by atoms with Gasteiger partial charge in [-0.1, -0.05) is 37.0 Å². The van der Waals surface area contributed by atoms with E-state index < -0.39 is 0 Å². The maximum Gasteiger partial charge on any atom is 0.258 e. The Kier molecular flexibility index (Phi) is 5.62. The normalized spacial score (nSPS) is 17.3. The van der Waals surface area contributed by atoms with Crippen LogP contribution in [0, 0.1) is 6.92 Å². The van der Waals surface area contributed by atoms with Gasteiger partial charge in [-0.05, 0) is 32.8 Å².